The molecule has 0 radical (unpaired) electrons. The summed E-state index contributed by atoms with van der Waals surface area (Å²) in [5.41, 5.74) is 0.0355. The Labute approximate surface area is 65.6 Å². The lowest BCUT2D eigenvalue weighted by Gasteiger charge is -2.10. The molecule has 0 aromatic rings. The third-order valence-corrected chi connectivity index (χ3v) is 1.49. The van der Waals surface area contributed by atoms with Crippen LogP contribution in [0.2, 0.25) is 0 Å². The Morgan fingerprint density at radius 3 is 1.80 bits per heavy atom. The molecule has 0 N–H and O–H groups in total. The van der Waals surface area contributed by atoms with Crippen molar-refractivity contribution < 1.29 is 0 Å². The van der Waals surface area contributed by atoms with E-state index in [4.69, 9.17) is 10.5 Å². The number of rotatable bonds is 1. The summed E-state index contributed by atoms with van der Waals surface area (Å²) in [4.78, 5) is 1.60. The minimum absolute atomic E-state index is 0.0355. The van der Waals surface area contributed by atoms with E-state index in [2.05, 4.69) is 12.6 Å². The van der Waals surface area contributed by atoms with Gasteiger partial charge in [-0.2, -0.15) is 10.5 Å². The maximum atomic E-state index is 8.34. The predicted octanol–water partition coefficient (Wildman–Crippen LogP) is 0.737. The van der Waals surface area contributed by atoms with E-state index in [1.165, 1.54) is 0 Å². The highest BCUT2D eigenvalue weighted by atomic mass is 32.1. The van der Waals surface area contributed by atoms with Crippen molar-refractivity contribution in [3.05, 3.63) is 10.6 Å². The molecule has 3 nitrogen and oxygen atoms in total. The summed E-state index contributed by atoms with van der Waals surface area (Å²) in [6.45, 7) is 0. The average molecular weight is 153 g/mol. The molecular formula is C6H7N3S. The van der Waals surface area contributed by atoms with Gasteiger partial charge in [-0.1, -0.05) is 0 Å². The molecule has 0 saturated heterocycles. The summed E-state index contributed by atoms with van der Waals surface area (Å²) in [6, 6.07) is 3.47. The molecule has 0 amide bonds. The number of thiol groups is 1. The van der Waals surface area contributed by atoms with Crippen LogP contribution < -0.4 is 0 Å². The lowest BCUT2D eigenvalue weighted by Crippen LogP contribution is -2.08. The van der Waals surface area contributed by atoms with Crippen molar-refractivity contribution in [3.63, 3.8) is 0 Å². The summed E-state index contributed by atoms with van der Waals surface area (Å²) in [5, 5.41) is 17.1. The molecule has 0 aliphatic heterocycles. The fraction of sp³-hybridized carbons (Fsp3) is 0.333. The van der Waals surface area contributed by atoms with Crippen LogP contribution in [0.4, 0.5) is 0 Å². The van der Waals surface area contributed by atoms with Crippen molar-refractivity contribution in [3.8, 4) is 12.1 Å². The van der Waals surface area contributed by atoms with Gasteiger partial charge in [-0.15, -0.1) is 12.6 Å². The van der Waals surface area contributed by atoms with E-state index < -0.39 is 0 Å². The zero-order valence-corrected chi connectivity index (χ0v) is 6.68. The minimum Gasteiger partial charge on any atom is -0.371 e. The molecule has 0 unspecified atom stereocenters. The molecule has 0 atom stereocenters. The van der Waals surface area contributed by atoms with Crippen LogP contribution in [0.5, 0.6) is 0 Å². The van der Waals surface area contributed by atoms with E-state index in [0.717, 1.165) is 0 Å². The van der Waals surface area contributed by atoms with Crippen LogP contribution in [0.3, 0.4) is 0 Å². The molecule has 10 heavy (non-hydrogen) atoms. The Kier molecular flexibility index (Phi) is 3.38. The Hall–Kier alpha value is -1.13. The van der Waals surface area contributed by atoms with Gasteiger partial charge in [0.2, 0.25) is 0 Å². The minimum atomic E-state index is 0.0355. The molecule has 0 heterocycles. The van der Waals surface area contributed by atoms with Crippen LogP contribution in [0.1, 0.15) is 0 Å². The van der Waals surface area contributed by atoms with Crippen LogP contribution >= 0.6 is 12.6 Å². The third-order valence-electron chi connectivity index (χ3n) is 0.871. The van der Waals surface area contributed by atoms with Gasteiger partial charge in [0.15, 0.2) is 5.57 Å². The topological polar surface area (TPSA) is 50.8 Å². The lowest BCUT2D eigenvalue weighted by atomic mass is 10.3. The summed E-state index contributed by atoms with van der Waals surface area (Å²) in [7, 11) is 3.44. The van der Waals surface area contributed by atoms with Crippen LogP contribution in [0, 0.1) is 22.7 Å². The fourth-order valence-corrected chi connectivity index (χ4v) is 0.449. The van der Waals surface area contributed by atoms with Crippen LogP contribution in [-0.4, -0.2) is 19.0 Å². The van der Waals surface area contributed by atoms with Crippen molar-refractivity contribution in [1.82, 2.24) is 4.90 Å². The maximum Gasteiger partial charge on any atom is 0.159 e. The van der Waals surface area contributed by atoms with Gasteiger partial charge in [0, 0.05) is 14.1 Å². The molecule has 4 heteroatoms. The summed E-state index contributed by atoms with van der Waals surface area (Å²) in [6.07, 6.45) is 0. The van der Waals surface area contributed by atoms with Crippen LogP contribution in [-0.2, 0) is 0 Å². The Morgan fingerprint density at radius 1 is 1.30 bits per heavy atom. The second-order valence-electron chi connectivity index (χ2n) is 1.82. The summed E-state index contributed by atoms with van der Waals surface area (Å²) < 4.78 is 0. The molecule has 0 fully saturated rings. The number of nitrogens with zero attached hydrogens (tertiary/aromatic N) is 3. The zero-order valence-electron chi connectivity index (χ0n) is 5.79. The van der Waals surface area contributed by atoms with Gasteiger partial charge in [0.05, 0.1) is 5.03 Å². The molecule has 0 spiro atoms. The van der Waals surface area contributed by atoms with Gasteiger partial charge >= 0.3 is 0 Å². The van der Waals surface area contributed by atoms with E-state index in [0.29, 0.717) is 5.03 Å². The van der Waals surface area contributed by atoms with Gasteiger partial charge < -0.3 is 4.90 Å². The first kappa shape index (κ1) is 8.87. The lowest BCUT2D eigenvalue weighted by molar-refractivity contribution is 0.549. The fourth-order valence-electron chi connectivity index (χ4n) is 0.349. The standard InChI is InChI=1S/C6H7N3S/c1-9(2)6(10)5(3-7)4-8/h10H,1-2H3. The number of nitriles is 2. The van der Waals surface area contributed by atoms with Crippen molar-refractivity contribution in [2.24, 2.45) is 0 Å². The number of allylic oxidation sites excluding steroid dienone is 1. The Bertz CT molecular complexity index is 212. The Balaban J connectivity index is 4.70. The number of hydrogen-bond donors (Lipinski definition) is 1. The molecule has 0 aromatic heterocycles. The monoisotopic (exact) mass is 153 g/mol. The third kappa shape index (κ3) is 2.00. The highest BCUT2D eigenvalue weighted by molar-refractivity contribution is 7.84. The molecule has 0 saturated carbocycles. The molecule has 0 aliphatic rings. The van der Waals surface area contributed by atoms with E-state index in [1.54, 1.807) is 31.1 Å². The summed E-state index contributed by atoms with van der Waals surface area (Å²) >= 11 is 3.94. The average Bonchev–Trinajstić information content (AvgIpc) is 1.90. The smallest absolute Gasteiger partial charge is 0.159 e. The largest absolute Gasteiger partial charge is 0.371 e. The second kappa shape index (κ2) is 3.81. The highest BCUT2D eigenvalue weighted by Gasteiger charge is 2.01. The van der Waals surface area contributed by atoms with Gasteiger partial charge in [0.25, 0.3) is 0 Å². The van der Waals surface area contributed by atoms with Crippen molar-refractivity contribution in [2.75, 3.05) is 14.1 Å². The predicted molar refractivity (Wildman–Crippen MR) is 40.9 cm³/mol. The van der Waals surface area contributed by atoms with Gasteiger partial charge in [-0.25, -0.2) is 0 Å². The first-order valence-electron chi connectivity index (χ1n) is 2.54. The van der Waals surface area contributed by atoms with Gasteiger partial charge in [-0.3, -0.25) is 0 Å². The van der Waals surface area contributed by atoms with Gasteiger partial charge in [-0.05, 0) is 0 Å². The molecule has 52 valence electrons. The van der Waals surface area contributed by atoms with E-state index in [9.17, 15) is 0 Å². The van der Waals surface area contributed by atoms with Crippen molar-refractivity contribution in [1.29, 1.82) is 10.5 Å². The maximum absolute atomic E-state index is 8.34. The van der Waals surface area contributed by atoms with Crippen LogP contribution in [0.25, 0.3) is 0 Å². The molecular weight excluding hydrogens is 146 g/mol. The molecule has 0 aromatic carbocycles. The normalized spacial score (nSPS) is 7.30. The molecule has 0 rings (SSSR count). The van der Waals surface area contributed by atoms with Crippen LogP contribution in [0.15, 0.2) is 10.6 Å². The SMILES string of the molecule is CN(C)C(S)=C(C#N)C#N. The van der Waals surface area contributed by atoms with E-state index >= 15 is 0 Å². The first-order chi connectivity index (χ1) is 4.63. The van der Waals surface area contributed by atoms with E-state index in [-0.39, 0.29) is 5.57 Å². The summed E-state index contributed by atoms with van der Waals surface area (Å²) in [5.74, 6) is 0. The Morgan fingerprint density at radius 2 is 1.70 bits per heavy atom. The van der Waals surface area contributed by atoms with Crippen molar-refractivity contribution in [2.45, 2.75) is 0 Å². The van der Waals surface area contributed by atoms with E-state index in [1.807, 2.05) is 0 Å². The number of hydrogen-bond acceptors (Lipinski definition) is 4. The molecule has 0 aliphatic carbocycles. The first-order valence-corrected chi connectivity index (χ1v) is 2.99. The van der Waals surface area contributed by atoms with Crippen molar-refractivity contribution >= 4 is 12.6 Å². The molecule has 0 bridgehead atoms. The quantitative estimate of drug-likeness (QED) is 0.446. The zero-order chi connectivity index (χ0) is 8.15. The second-order valence-corrected chi connectivity index (χ2v) is 2.24. The van der Waals surface area contributed by atoms with Gasteiger partial charge in [0.1, 0.15) is 12.1 Å². The highest BCUT2D eigenvalue weighted by Crippen LogP contribution is 2.08.